The van der Waals surface area contributed by atoms with E-state index in [0.29, 0.717) is 30.1 Å². The summed E-state index contributed by atoms with van der Waals surface area (Å²) >= 11 is 5.16. The highest BCUT2D eigenvalue weighted by molar-refractivity contribution is 7.89. The van der Waals surface area contributed by atoms with Crippen LogP contribution in [0.1, 0.15) is 44.0 Å². The van der Waals surface area contributed by atoms with Crippen LogP contribution in [0.15, 0.2) is 4.90 Å². The summed E-state index contributed by atoms with van der Waals surface area (Å²) in [6, 6.07) is 0. The van der Waals surface area contributed by atoms with E-state index in [2.05, 4.69) is 21.8 Å². The number of sulfonamides is 1. The molecule has 0 amide bonds. The Morgan fingerprint density at radius 2 is 2.00 bits per heavy atom. The van der Waals surface area contributed by atoms with E-state index < -0.39 is 15.6 Å². The van der Waals surface area contributed by atoms with Gasteiger partial charge in [-0.05, 0) is 45.4 Å². The topological polar surface area (TPSA) is 101 Å². The molecule has 1 saturated carbocycles. The third kappa shape index (κ3) is 3.12. The minimum atomic E-state index is -3.71. The lowest BCUT2D eigenvalue weighted by Gasteiger charge is -2.38. The summed E-state index contributed by atoms with van der Waals surface area (Å²) in [4.78, 5) is 0.411. The highest BCUT2D eigenvalue weighted by Crippen LogP contribution is 2.34. The number of rotatable bonds is 4. The van der Waals surface area contributed by atoms with Crippen molar-refractivity contribution in [2.24, 2.45) is 11.7 Å². The average molecular weight is 330 g/mol. The first kappa shape index (κ1) is 16.4. The number of thiocarbonyl (C=S) groups is 1. The van der Waals surface area contributed by atoms with Crippen LogP contribution in [0.3, 0.4) is 0 Å². The standard InChI is InChI=1S/C13H22N4O2S2/c1-8-4-6-13(7-5-8,12(14)20)17-21(18,19)11-9(2)15-16-10(11)3/h8,17H,4-7H2,1-3H3,(H2,14,20)(H,15,16). The molecule has 8 heteroatoms. The average Bonchev–Trinajstić information content (AvgIpc) is 2.72. The number of nitrogens with one attached hydrogen (secondary N) is 2. The quantitative estimate of drug-likeness (QED) is 0.727. The van der Waals surface area contributed by atoms with Crippen molar-refractivity contribution in [1.29, 1.82) is 0 Å². The van der Waals surface area contributed by atoms with Gasteiger partial charge >= 0.3 is 0 Å². The monoisotopic (exact) mass is 330 g/mol. The second kappa shape index (κ2) is 5.66. The predicted octanol–water partition coefficient (Wildman–Crippen LogP) is 1.54. The van der Waals surface area contributed by atoms with E-state index in [1.165, 1.54) is 0 Å². The summed E-state index contributed by atoms with van der Waals surface area (Å²) in [5.41, 5.74) is 6.01. The molecular formula is C13H22N4O2S2. The van der Waals surface area contributed by atoms with Crippen molar-refractivity contribution in [2.45, 2.75) is 56.9 Å². The predicted molar refractivity (Wildman–Crippen MR) is 85.5 cm³/mol. The molecule has 118 valence electrons. The largest absolute Gasteiger partial charge is 0.392 e. The van der Waals surface area contributed by atoms with Gasteiger partial charge in [0.1, 0.15) is 4.90 Å². The SMILES string of the molecule is Cc1n[nH]c(C)c1S(=O)(=O)NC1(C(N)=S)CCC(C)CC1. The molecule has 6 nitrogen and oxygen atoms in total. The number of hydrogen-bond acceptors (Lipinski definition) is 4. The van der Waals surface area contributed by atoms with Crippen molar-refractivity contribution in [3.8, 4) is 0 Å². The van der Waals surface area contributed by atoms with Gasteiger partial charge in [-0.2, -0.15) is 9.82 Å². The lowest BCUT2D eigenvalue weighted by Crippen LogP contribution is -2.58. The molecule has 0 aromatic carbocycles. The van der Waals surface area contributed by atoms with Gasteiger partial charge in [0, 0.05) is 0 Å². The summed E-state index contributed by atoms with van der Waals surface area (Å²) in [6.45, 7) is 5.50. The van der Waals surface area contributed by atoms with Gasteiger partial charge in [-0.25, -0.2) is 8.42 Å². The van der Waals surface area contributed by atoms with Crippen LogP contribution in [-0.2, 0) is 10.0 Å². The summed E-state index contributed by atoms with van der Waals surface area (Å²) < 4.78 is 28.2. The smallest absolute Gasteiger partial charge is 0.245 e. The van der Waals surface area contributed by atoms with E-state index in [-0.39, 0.29) is 9.88 Å². The van der Waals surface area contributed by atoms with E-state index in [0.717, 1.165) is 12.8 Å². The van der Waals surface area contributed by atoms with E-state index in [4.69, 9.17) is 18.0 Å². The van der Waals surface area contributed by atoms with Gasteiger partial charge in [-0.3, -0.25) is 5.10 Å². The Morgan fingerprint density at radius 3 is 2.43 bits per heavy atom. The van der Waals surface area contributed by atoms with Crippen LogP contribution in [0.25, 0.3) is 0 Å². The van der Waals surface area contributed by atoms with Crippen molar-refractivity contribution >= 4 is 27.2 Å². The highest BCUT2D eigenvalue weighted by Gasteiger charge is 2.41. The van der Waals surface area contributed by atoms with Gasteiger partial charge in [-0.1, -0.05) is 19.1 Å². The Morgan fingerprint density at radius 1 is 1.43 bits per heavy atom. The molecule has 4 N–H and O–H groups in total. The summed E-state index contributed by atoms with van der Waals surface area (Å²) in [7, 11) is -3.71. The van der Waals surface area contributed by atoms with E-state index in [9.17, 15) is 8.42 Å². The van der Waals surface area contributed by atoms with Crippen LogP contribution >= 0.6 is 12.2 Å². The number of aromatic amines is 1. The number of nitrogens with zero attached hydrogens (tertiary/aromatic N) is 1. The first-order valence-corrected chi connectivity index (χ1v) is 8.92. The Kier molecular flexibility index (Phi) is 4.41. The van der Waals surface area contributed by atoms with Crippen molar-refractivity contribution < 1.29 is 8.42 Å². The number of aromatic nitrogens is 2. The molecule has 1 aliphatic rings. The first-order chi connectivity index (χ1) is 9.68. The highest BCUT2D eigenvalue weighted by atomic mass is 32.2. The molecular weight excluding hydrogens is 308 g/mol. The van der Waals surface area contributed by atoms with Crippen molar-refractivity contribution in [2.75, 3.05) is 0 Å². The molecule has 0 saturated heterocycles. The van der Waals surface area contributed by atoms with Gasteiger partial charge < -0.3 is 5.73 Å². The number of H-pyrrole nitrogens is 1. The van der Waals surface area contributed by atoms with Crippen molar-refractivity contribution in [1.82, 2.24) is 14.9 Å². The third-order valence-corrected chi connectivity index (χ3v) is 6.45. The van der Waals surface area contributed by atoms with Crippen LogP contribution in [0.4, 0.5) is 0 Å². The second-order valence-corrected chi connectivity index (χ2v) is 8.06. The molecule has 21 heavy (non-hydrogen) atoms. The van der Waals surface area contributed by atoms with E-state index >= 15 is 0 Å². The molecule has 1 fully saturated rings. The summed E-state index contributed by atoms with van der Waals surface area (Å²) in [6.07, 6.45) is 3.09. The molecule has 0 bridgehead atoms. The fraction of sp³-hybridized carbons (Fsp3) is 0.692. The number of nitrogens with two attached hydrogens (primary N) is 1. The fourth-order valence-corrected chi connectivity index (χ4v) is 5.03. The molecule has 1 aromatic heterocycles. The van der Waals surface area contributed by atoms with Gasteiger partial charge in [-0.15, -0.1) is 0 Å². The van der Waals surface area contributed by atoms with E-state index in [1.54, 1.807) is 13.8 Å². The zero-order valence-corrected chi connectivity index (χ0v) is 14.2. The lowest BCUT2D eigenvalue weighted by atomic mass is 9.78. The second-order valence-electron chi connectivity index (χ2n) is 6.00. The molecule has 0 spiro atoms. The third-order valence-electron chi connectivity index (χ3n) is 4.26. The Balaban J connectivity index is 2.35. The zero-order chi connectivity index (χ0) is 15.8. The number of aryl methyl sites for hydroxylation is 2. The summed E-state index contributed by atoms with van der Waals surface area (Å²) in [5.74, 6) is 0.564. The van der Waals surface area contributed by atoms with Gasteiger partial charge in [0.15, 0.2) is 0 Å². The minimum Gasteiger partial charge on any atom is -0.392 e. The maximum Gasteiger partial charge on any atom is 0.245 e. The molecule has 1 heterocycles. The van der Waals surface area contributed by atoms with E-state index in [1.807, 2.05) is 0 Å². The van der Waals surface area contributed by atoms with Gasteiger partial charge in [0.05, 0.1) is 21.9 Å². The van der Waals surface area contributed by atoms with Crippen LogP contribution in [0.5, 0.6) is 0 Å². The Labute approximate surface area is 130 Å². The van der Waals surface area contributed by atoms with Gasteiger partial charge in [0.25, 0.3) is 0 Å². The molecule has 1 aromatic rings. The van der Waals surface area contributed by atoms with Crippen LogP contribution < -0.4 is 10.5 Å². The van der Waals surface area contributed by atoms with Crippen molar-refractivity contribution in [3.63, 3.8) is 0 Å². The minimum absolute atomic E-state index is 0.191. The molecule has 0 radical (unpaired) electrons. The Bertz CT molecular complexity index is 624. The molecule has 0 aliphatic heterocycles. The fourth-order valence-electron chi connectivity index (χ4n) is 2.90. The van der Waals surface area contributed by atoms with Crippen LogP contribution in [-0.4, -0.2) is 29.1 Å². The molecule has 2 rings (SSSR count). The first-order valence-electron chi connectivity index (χ1n) is 7.03. The maximum absolute atomic E-state index is 12.7. The normalized spacial score (nSPS) is 26.7. The molecule has 0 atom stereocenters. The molecule has 0 unspecified atom stereocenters. The number of hydrogen-bond donors (Lipinski definition) is 3. The zero-order valence-electron chi connectivity index (χ0n) is 12.6. The van der Waals surface area contributed by atoms with Gasteiger partial charge in [0.2, 0.25) is 10.0 Å². The van der Waals surface area contributed by atoms with Crippen LogP contribution in [0.2, 0.25) is 0 Å². The van der Waals surface area contributed by atoms with Crippen molar-refractivity contribution in [3.05, 3.63) is 11.4 Å². The summed E-state index contributed by atoms with van der Waals surface area (Å²) in [5, 5.41) is 6.64. The maximum atomic E-state index is 12.7. The Hall–Kier alpha value is -0.990. The molecule has 1 aliphatic carbocycles. The van der Waals surface area contributed by atoms with Crippen LogP contribution in [0, 0.1) is 19.8 Å². The lowest BCUT2D eigenvalue weighted by molar-refractivity contribution is 0.289.